The van der Waals surface area contributed by atoms with E-state index in [9.17, 15) is 0 Å². The van der Waals surface area contributed by atoms with Crippen LogP contribution >= 0.6 is 0 Å². The van der Waals surface area contributed by atoms with E-state index in [2.05, 4.69) is 130 Å². The Balaban J connectivity index is 1.78. The molecule has 0 radical (unpaired) electrons. The molecule has 0 bridgehead atoms. The van der Waals surface area contributed by atoms with E-state index in [1.165, 1.54) is 33.3 Å². The van der Waals surface area contributed by atoms with Crippen molar-refractivity contribution in [3.05, 3.63) is 128 Å². The van der Waals surface area contributed by atoms with Gasteiger partial charge in [-0.15, -0.1) is 0 Å². The van der Waals surface area contributed by atoms with Crippen molar-refractivity contribution in [1.82, 2.24) is 14.0 Å². The summed E-state index contributed by atoms with van der Waals surface area (Å²) in [4.78, 5) is 4.93. The van der Waals surface area contributed by atoms with Crippen LogP contribution in [0.15, 0.2) is 128 Å². The molecule has 0 N–H and O–H groups in total. The van der Waals surface area contributed by atoms with Gasteiger partial charge in [0.05, 0.1) is 22.2 Å². The fourth-order valence-electron chi connectivity index (χ4n) is 5.12. The van der Waals surface area contributed by atoms with Crippen molar-refractivity contribution >= 4 is 27.6 Å². The highest BCUT2D eigenvalue weighted by Gasteiger charge is 2.24. The van der Waals surface area contributed by atoms with Crippen LogP contribution in [0.1, 0.15) is 0 Å². The molecule has 4 aromatic carbocycles. The normalized spacial score (nSPS) is 11.5. The van der Waals surface area contributed by atoms with Gasteiger partial charge in [-0.3, -0.25) is 4.40 Å². The summed E-state index contributed by atoms with van der Waals surface area (Å²) in [5, 5.41) is 1.21. The van der Waals surface area contributed by atoms with Crippen molar-refractivity contribution in [1.29, 1.82) is 0 Å². The standard InChI is InChI=1S/C31H21N3/c1-4-12-22(13-5-1)28-25-19-20-26-31(33-21-11-10-18-27(33)32-26)30(25)34(24-16-8-3-9-17-24)29(28)23-14-6-2-7-15-23/h1-21H. The highest BCUT2D eigenvalue weighted by molar-refractivity contribution is 6.15. The molecule has 3 heteroatoms. The molecule has 3 nitrogen and oxygen atoms in total. The van der Waals surface area contributed by atoms with Crippen molar-refractivity contribution < 1.29 is 0 Å². The number of para-hydroxylation sites is 1. The quantitative estimate of drug-likeness (QED) is 0.278. The minimum absolute atomic E-state index is 0.952. The maximum atomic E-state index is 4.93. The van der Waals surface area contributed by atoms with E-state index < -0.39 is 0 Å². The molecular weight excluding hydrogens is 414 g/mol. The molecule has 0 atom stereocenters. The van der Waals surface area contributed by atoms with E-state index in [-0.39, 0.29) is 0 Å². The Hall–Kier alpha value is -4.63. The van der Waals surface area contributed by atoms with E-state index in [1.807, 2.05) is 6.07 Å². The Labute approximate surface area is 197 Å². The van der Waals surface area contributed by atoms with Crippen LogP contribution in [0.2, 0.25) is 0 Å². The number of fused-ring (bicyclic) bond motifs is 5. The maximum Gasteiger partial charge on any atom is 0.137 e. The molecule has 0 fully saturated rings. The summed E-state index contributed by atoms with van der Waals surface area (Å²) in [6.45, 7) is 0. The smallest absolute Gasteiger partial charge is 0.137 e. The van der Waals surface area contributed by atoms with E-state index in [4.69, 9.17) is 4.98 Å². The fourth-order valence-corrected chi connectivity index (χ4v) is 5.12. The number of rotatable bonds is 3. The predicted octanol–water partition coefficient (Wildman–Crippen LogP) is 7.77. The van der Waals surface area contributed by atoms with Gasteiger partial charge in [-0.25, -0.2) is 4.98 Å². The van der Waals surface area contributed by atoms with Crippen LogP contribution in [-0.2, 0) is 0 Å². The van der Waals surface area contributed by atoms with Crippen LogP contribution in [0.4, 0.5) is 0 Å². The summed E-state index contributed by atoms with van der Waals surface area (Å²) >= 11 is 0. The molecular formula is C31H21N3. The Morgan fingerprint density at radius 1 is 0.529 bits per heavy atom. The highest BCUT2D eigenvalue weighted by atomic mass is 15.1. The highest BCUT2D eigenvalue weighted by Crippen LogP contribution is 2.44. The van der Waals surface area contributed by atoms with Gasteiger partial charge in [-0.05, 0) is 47.5 Å². The third kappa shape index (κ3) is 2.74. The second-order valence-electron chi connectivity index (χ2n) is 8.50. The first-order valence-corrected chi connectivity index (χ1v) is 11.5. The number of hydrogen-bond donors (Lipinski definition) is 0. The second kappa shape index (κ2) is 7.46. The van der Waals surface area contributed by atoms with Crippen LogP contribution < -0.4 is 0 Å². The molecule has 0 spiro atoms. The summed E-state index contributed by atoms with van der Waals surface area (Å²) in [5.41, 5.74) is 10.2. The van der Waals surface area contributed by atoms with Crippen LogP contribution in [0.25, 0.3) is 55.7 Å². The van der Waals surface area contributed by atoms with Gasteiger partial charge in [0.25, 0.3) is 0 Å². The number of nitrogens with zero attached hydrogens (tertiary/aromatic N) is 3. The molecule has 160 valence electrons. The lowest BCUT2D eigenvalue weighted by atomic mass is 9.98. The summed E-state index contributed by atoms with van der Waals surface area (Å²) in [7, 11) is 0. The molecule has 34 heavy (non-hydrogen) atoms. The fraction of sp³-hybridized carbons (Fsp3) is 0. The third-order valence-corrected chi connectivity index (χ3v) is 6.52. The van der Waals surface area contributed by atoms with Gasteiger partial charge in [0.2, 0.25) is 0 Å². The molecule has 3 heterocycles. The molecule has 3 aromatic heterocycles. The van der Waals surface area contributed by atoms with Gasteiger partial charge in [-0.1, -0.05) is 84.9 Å². The number of hydrogen-bond acceptors (Lipinski definition) is 1. The van der Waals surface area contributed by atoms with E-state index in [1.54, 1.807) is 0 Å². The van der Waals surface area contributed by atoms with Crippen LogP contribution in [0.5, 0.6) is 0 Å². The van der Waals surface area contributed by atoms with Crippen molar-refractivity contribution in [3.8, 4) is 28.1 Å². The Kier molecular flexibility index (Phi) is 4.15. The topological polar surface area (TPSA) is 22.2 Å². The maximum absolute atomic E-state index is 4.93. The minimum atomic E-state index is 0.952. The van der Waals surface area contributed by atoms with Gasteiger partial charge in [-0.2, -0.15) is 0 Å². The first-order chi connectivity index (χ1) is 16.9. The van der Waals surface area contributed by atoms with Gasteiger partial charge < -0.3 is 4.57 Å². The largest absolute Gasteiger partial charge is 0.306 e. The molecule has 0 aliphatic carbocycles. The molecule has 0 saturated carbocycles. The third-order valence-electron chi connectivity index (χ3n) is 6.52. The summed E-state index contributed by atoms with van der Waals surface area (Å²) in [6.07, 6.45) is 2.11. The SMILES string of the molecule is c1ccc(-c2c(-c3ccccc3)n(-c3ccccc3)c3c2ccc2nc4ccccn4c23)cc1. The molecule has 7 aromatic rings. The number of aromatic nitrogens is 3. The first kappa shape index (κ1) is 18.9. The number of imidazole rings is 1. The Morgan fingerprint density at radius 2 is 1.18 bits per heavy atom. The predicted molar refractivity (Wildman–Crippen MR) is 140 cm³/mol. The lowest BCUT2D eigenvalue weighted by Crippen LogP contribution is -1.98. The van der Waals surface area contributed by atoms with Gasteiger partial charge in [0.1, 0.15) is 5.65 Å². The summed E-state index contributed by atoms with van der Waals surface area (Å²) < 4.78 is 4.62. The molecule has 0 unspecified atom stereocenters. The molecule has 0 saturated heterocycles. The first-order valence-electron chi connectivity index (χ1n) is 11.5. The zero-order valence-corrected chi connectivity index (χ0v) is 18.5. The zero-order chi connectivity index (χ0) is 22.5. The van der Waals surface area contributed by atoms with Crippen molar-refractivity contribution in [2.24, 2.45) is 0 Å². The monoisotopic (exact) mass is 435 g/mol. The van der Waals surface area contributed by atoms with E-state index in [0.717, 1.165) is 22.4 Å². The lowest BCUT2D eigenvalue weighted by molar-refractivity contribution is 1.13. The van der Waals surface area contributed by atoms with E-state index >= 15 is 0 Å². The second-order valence-corrected chi connectivity index (χ2v) is 8.50. The lowest BCUT2D eigenvalue weighted by Gasteiger charge is -2.13. The Bertz CT molecular complexity index is 1780. The summed E-state index contributed by atoms with van der Waals surface area (Å²) in [6, 6.07) is 42.6. The average molecular weight is 436 g/mol. The average Bonchev–Trinajstić information content (AvgIpc) is 3.46. The minimum Gasteiger partial charge on any atom is -0.306 e. The van der Waals surface area contributed by atoms with Crippen LogP contribution in [0.3, 0.4) is 0 Å². The van der Waals surface area contributed by atoms with E-state index in [0.29, 0.717) is 0 Å². The molecule has 0 aliphatic rings. The van der Waals surface area contributed by atoms with Crippen molar-refractivity contribution in [2.75, 3.05) is 0 Å². The van der Waals surface area contributed by atoms with Crippen LogP contribution in [-0.4, -0.2) is 14.0 Å². The molecule has 7 rings (SSSR count). The van der Waals surface area contributed by atoms with Gasteiger partial charge >= 0.3 is 0 Å². The van der Waals surface area contributed by atoms with Gasteiger partial charge in [0.15, 0.2) is 0 Å². The summed E-state index contributed by atoms with van der Waals surface area (Å²) in [5.74, 6) is 0. The number of benzene rings is 4. The van der Waals surface area contributed by atoms with Crippen molar-refractivity contribution in [3.63, 3.8) is 0 Å². The van der Waals surface area contributed by atoms with Crippen LogP contribution in [0, 0.1) is 0 Å². The van der Waals surface area contributed by atoms with Crippen molar-refractivity contribution in [2.45, 2.75) is 0 Å². The Morgan fingerprint density at radius 3 is 1.91 bits per heavy atom. The van der Waals surface area contributed by atoms with Gasteiger partial charge in [0, 0.05) is 22.8 Å². The zero-order valence-electron chi connectivity index (χ0n) is 18.5. The molecule has 0 aliphatic heterocycles. The number of pyridine rings is 1. The molecule has 0 amide bonds.